The number of rotatable bonds is 8. The van der Waals surface area contributed by atoms with E-state index in [0.717, 1.165) is 15.1 Å². The third-order valence-electron chi connectivity index (χ3n) is 7.21. The van der Waals surface area contributed by atoms with E-state index in [1.807, 2.05) is 44.2 Å². The van der Waals surface area contributed by atoms with Gasteiger partial charge in [-0.3, -0.25) is 4.79 Å². The standard InChI is InChI=1S/C29H31N5O5S/c1-20-8-10-23(11-9-20)40(37,38)34-15-13-25-28(34)31-17-27(32-25)30-16-26(35)24-18-33(14-12-21(24)2)29(36)39-19-22-6-4-3-5-7-22/h3-11,13,15,17,21,24H,12,14,16,18-19H2,1-2H3,(H,30,32). The average molecular weight is 562 g/mol. The zero-order valence-electron chi connectivity index (χ0n) is 22.4. The van der Waals surface area contributed by atoms with E-state index in [9.17, 15) is 18.0 Å². The molecule has 2 atom stereocenters. The molecule has 2 unspecified atom stereocenters. The van der Waals surface area contributed by atoms with Gasteiger partial charge in [0.2, 0.25) is 0 Å². The number of aryl methyl sites for hydroxylation is 1. The highest BCUT2D eigenvalue weighted by Crippen LogP contribution is 2.25. The highest BCUT2D eigenvalue weighted by atomic mass is 32.2. The summed E-state index contributed by atoms with van der Waals surface area (Å²) in [7, 11) is -3.83. The summed E-state index contributed by atoms with van der Waals surface area (Å²) >= 11 is 0. The third-order valence-corrected chi connectivity index (χ3v) is 8.89. The van der Waals surface area contributed by atoms with Crippen LogP contribution in [0.4, 0.5) is 10.6 Å². The van der Waals surface area contributed by atoms with Crippen molar-refractivity contribution in [1.82, 2.24) is 18.8 Å². The highest BCUT2D eigenvalue weighted by molar-refractivity contribution is 7.90. The lowest BCUT2D eigenvalue weighted by atomic mass is 9.84. The van der Waals surface area contributed by atoms with Crippen molar-refractivity contribution in [3.8, 4) is 0 Å². The van der Waals surface area contributed by atoms with Gasteiger partial charge < -0.3 is 15.0 Å². The molecule has 40 heavy (non-hydrogen) atoms. The molecule has 0 spiro atoms. The van der Waals surface area contributed by atoms with E-state index in [4.69, 9.17) is 4.74 Å². The predicted octanol–water partition coefficient (Wildman–Crippen LogP) is 4.25. The summed E-state index contributed by atoms with van der Waals surface area (Å²) in [4.78, 5) is 36.3. The van der Waals surface area contributed by atoms with Gasteiger partial charge in [-0.25, -0.2) is 27.2 Å². The Morgan fingerprint density at radius 1 is 1.07 bits per heavy atom. The molecule has 0 saturated carbocycles. The minimum atomic E-state index is -3.83. The number of likely N-dealkylation sites (tertiary alicyclic amines) is 1. The molecule has 11 heteroatoms. The van der Waals surface area contributed by atoms with Gasteiger partial charge in [0.1, 0.15) is 17.9 Å². The van der Waals surface area contributed by atoms with Crippen molar-refractivity contribution in [3.05, 3.63) is 84.2 Å². The number of aromatic nitrogens is 3. The Morgan fingerprint density at radius 3 is 2.58 bits per heavy atom. The normalized spacial score (nSPS) is 17.5. The molecule has 1 amide bonds. The second kappa shape index (κ2) is 11.5. The number of amides is 1. The molecule has 2 aromatic carbocycles. The molecule has 5 rings (SSSR count). The summed E-state index contributed by atoms with van der Waals surface area (Å²) in [6, 6.07) is 17.6. The van der Waals surface area contributed by atoms with Crippen LogP contribution in [0.5, 0.6) is 0 Å². The zero-order valence-corrected chi connectivity index (χ0v) is 23.2. The summed E-state index contributed by atoms with van der Waals surface area (Å²) in [6.07, 6.45) is 3.10. The molecule has 4 aromatic rings. The monoisotopic (exact) mass is 561 g/mol. The first-order valence-electron chi connectivity index (χ1n) is 13.1. The summed E-state index contributed by atoms with van der Waals surface area (Å²) in [5, 5.41) is 3.01. The summed E-state index contributed by atoms with van der Waals surface area (Å²) < 4.78 is 32.8. The second-order valence-corrected chi connectivity index (χ2v) is 11.9. The van der Waals surface area contributed by atoms with Crippen LogP contribution in [0.2, 0.25) is 0 Å². The van der Waals surface area contributed by atoms with Crippen LogP contribution in [-0.2, 0) is 26.2 Å². The number of hydrogen-bond donors (Lipinski definition) is 1. The van der Waals surface area contributed by atoms with E-state index < -0.39 is 16.1 Å². The van der Waals surface area contributed by atoms with Crippen molar-refractivity contribution in [2.24, 2.45) is 11.8 Å². The molecule has 1 N–H and O–H groups in total. The van der Waals surface area contributed by atoms with Crippen molar-refractivity contribution >= 4 is 38.9 Å². The molecule has 208 valence electrons. The quantitative estimate of drug-likeness (QED) is 0.339. The van der Waals surface area contributed by atoms with Crippen molar-refractivity contribution in [3.63, 3.8) is 0 Å². The lowest BCUT2D eigenvalue weighted by Crippen LogP contribution is -2.47. The molecular weight excluding hydrogens is 530 g/mol. The number of fused-ring (bicyclic) bond motifs is 1. The van der Waals surface area contributed by atoms with E-state index in [-0.39, 0.29) is 41.3 Å². The number of ether oxygens (including phenoxy) is 1. The topological polar surface area (TPSA) is 123 Å². The fourth-order valence-corrected chi connectivity index (χ4v) is 6.06. The van der Waals surface area contributed by atoms with Crippen molar-refractivity contribution in [1.29, 1.82) is 0 Å². The molecule has 1 fully saturated rings. The van der Waals surface area contributed by atoms with Gasteiger partial charge in [-0.1, -0.05) is 55.0 Å². The van der Waals surface area contributed by atoms with Gasteiger partial charge in [0, 0.05) is 25.2 Å². The molecule has 1 saturated heterocycles. The third kappa shape index (κ3) is 5.84. The molecule has 3 heterocycles. The number of carbonyl (C=O) groups excluding carboxylic acids is 2. The number of nitrogens with zero attached hydrogens (tertiary/aromatic N) is 4. The molecule has 1 aliphatic heterocycles. The Kier molecular flexibility index (Phi) is 7.83. The van der Waals surface area contributed by atoms with Crippen LogP contribution in [-0.4, -0.2) is 58.8 Å². The minimum Gasteiger partial charge on any atom is -0.445 e. The highest BCUT2D eigenvalue weighted by Gasteiger charge is 2.34. The van der Waals surface area contributed by atoms with E-state index in [1.54, 1.807) is 35.2 Å². The summed E-state index contributed by atoms with van der Waals surface area (Å²) in [5.74, 6) is 0.0772. The number of Topliss-reactive ketones (excluding diaryl/α,β-unsaturated/α-hetero) is 1. The van der Waals surface area contributed by atoms with Crippen LogP contribution in [0.1, 0.15) is 24.5 Å². The van der Waals surface area contributed by atoms with E-state index in [2.05, 4.69) is 15.3 Å². The number of benzene rings is 2. The van der Waals surface area contributed by atoms with E-state index >= 15 is 0 Å². The molecule has 0 aliphatic carbocycles. The first-order valence-corrected chi connectivity index (χ1v) is 14.5. The number of nitrogens with one attached hydrogen (secondary N) is 1. The number of ketones is 1. The summed E-state index contributed by atoms with van der Waals surface area (Å²) in [5.41, 5.74) is 2.44. The van der Waals surface area contributed by atoms with Gasteiger partial charge in [-0.05, 0) is 43.0 Å². The lowest BCUT2D eigenvalue weighted by Gasteiger charge is -2.35. The zero-order chi connectivity index (χ0) is 28.3. The SMILES string of the molecule is Cc1ccc(S(=O)(=O)n2ccc3nc(NCC(=O)C4CN(C(=O)OCc5ccccc5)CCC4C)cnc32)cc1. The van der Waals surface area contributed by atoms with Crippen LogP contribution < -0.4 is 5.32 Å². The van der Waals surface area contributed by atoms with Crippen LogP contribution in [0.3, 0.4) is 0 Å². The van der Waals surface area contributed by atoms with E-state index in [1.165, 1.54) is 12.4 Å². The average Bonchev–Trinajstić information content (AvgIpc) is 3.40. The maximum Gasteiger partial charge on any atom is 0.410 e. The first-order chi connectivity index (χ1) is 19.2. The van der Waals surface area contributed by atoms with Crippen molar-refractivity contribution < 1.29 is 22.7 Å². The molecule has 0 radical (unpaired) electrons. The first kappa shape index (κ1) is 27.3. The van der Waals surface area contributed by atoms with Crippen LogP contribution in [0.25, 0.3) is 11.2 Å². The molecule has 1 aliphatic rings. The number of carbonyl (C=O) groups is 2. The van der Waals surface area contributed by atoms with Gasteiger partial charge >= 0.3 is 6.09 Å². The van der Waals surface area contributed by atoms with Gasteiger partial charge in [0.15, 0.2) is 11.4 Å². The maximum absolute atomic E-state index is 13.1. The predicted molar refractivity (Wildman–Crippen MR) is 150 cm³/mol. The fraction of sp³-hybridized carbons (Fsp3) is 0.310. The Morgan fingerprint density at radius 2 is 1.82 bits per heavy atom. The van der Waals surface area contributed by atoms with Crippen molar-refractivity contribution in [2.45, 2.75) is 31.8 Å². The largest absolute Gasteiger partial charge is 0.445 e. The van der Waals surface area contributed by atoms with Crippen LogP contribution in [0.15, 0.2) is 78.0 Å². The van der Waals surface area contributed by atoms with Gasteiger partial charge in [-0.15, -0.1) is 0 Å². The molecule has 2 aromatic heterocycles. The summed E-state index contributed by atoms with van der Waals surface area (Å²) in [6.45, 7) is 4.92. The van der Waals surface area contributed by atoms with Gasteiger partial charge in [0.05, 0.1) is 17.6 Å². The number of piperidine rings is 1. The Balaban J connectivity index is 1.21. The Hall–Kier alpha value is -4.25. The fourth-order valence-electron chi connectivity index (χ4n) is 4.76. The number of anilines is 1. The van der Waals surface area contributed by atoms with Crippen molar-refractivity contribution in [2.75, 3.05) is 25.0 Å². The molecule has 10 nitrogen and oxygen atoms in total. The van der Waals surface area contributed by atoms with Crippen LogP contribution >= 0.6 is 0 Å². The molecular formula is C29H31N5O5S. The second-order valence-electron chi connectivity index (χ2n) is 10.1. The van der Waals surface area contributed by atoms with E-state index in [0.29, 0.717) is 30.8 Å². The number of hydrogen-bond acceptors (Lipinski definition) is 8. The molecule has 0 bridgehead atoms. The van der Waals surface area contributed by atoms with Gasteiger partial charge in [0.25, 0.3) is 10.0 Å². The van der Waals surface area contributed by atoms with Crippen LogP contribution in [0, 0.1) is 18.8 Å². The smallest absolute Gasteiger partial charge is 0.410 e. The minimum absolute atomic E-state index is 0.00443. The lowest BCUT2D eigenvalue weighted by molar-refractivity contribution is -0.124. The Bertz CT molecular complexity index is 1620. The van der Waals surface area contributed by atoms with Gasteiger partial charge in [-0.2, -0.15) is 0 Å². The maximum atomic E-state index is 13.1. The Labute approximate surface area is 233 Å².